The zero-order valence-electron chi connectivity index (χ0n) is 8.71. The third-order valence-electron chi connectivity index (χ3n) is 2.30. The predicted molar refractivity (Wildman–Crippen MR) is 55.9 cm³/mol. The maximum absolute atomic E-state index is 13.7. The topological polar surface area (TPSA) is 41.6 Å². The molecule has 1 heterocycles. The minimum Gasteiger partial charge on any atom is -0.263 e. The van der Waals surface area contributed by atoms with Gasteiger partial charge in [-0.25, -0.2) is 9.37 Å². The summed E-state index contributed by atoms with van der Waals surface area (Å²) in [7, 11) is 0. The molecule has 1 N–H and O–H groups in total. The Labute approximate surface area is 87.4 Å². The van der Waals surface area contributed by atoms with Crippen molar-refractivity contribution in [2.24, 2.45) is 0 Å². The lowest BCUT2D eigenvalue weighted by atomic mass is 10.1. The molecular formula is C11H12FN3. The second kappa shape index (κ2) is 3.81. The molecule has 78 valence electrons. The van der Waals surface area contributed by atoms with E-state index in [-0.39, 0.29) is 5.82 Å². The SMILES string of the molecule is CCc1nc(-c2cccc(C)c2F)n[nH]1. The lowest BCUT2D eigenvalue weighted by molar-refractivity contribution is 0.621. The van der Waals surface area contributed by atoms with Gasteiger partial charge in [0.05, 0.1) is 5.56 Å². The van der Waals surface area contributed by atoms with Gasteiger partial charge in [-0.2, -0.15) is 5.10 Å². The number of aromatic amines is 1. The molecule has 2 aromatic rings. The molecule has 0 aliphatic heterocycles. The smallest absolute Gasteiger partial charge is 0.184 e. The van der Waals surface area contributed by atoms with Crippen LogP contribution in [0.5, 0.6) is 0 Å². The van der Waals surface area contributed by atoms with Gasteiger partial charge >= 0.3 is 0 Å². The summed E-state index contributed by atoms with van der Waals surface area (Å²) in [5.74, 6) is 0.943. The summed E-state index contributed by atoms with van der Waals surface area (Å²) in [5.41, 5.74) is 1.06. The molecular weight excluding hydrogens is 193 g/mol. The van der Waals surface area contributed by atoms with Crippen molar-refractivity contribution in [2.45, 2.75) is 20.3 Å². The first kappa shape index (κ1) is 9.83. The van der Waals surface area contributed by atoms with E-state index in [9.17, 15) is 4.39 Å². The van der Waals surface area contributed by atoms with Crippen molar-refractivity contribution in [3.05, 3.63) is 35.4 Å². The van der Waals surface area contributed by atoms with Crippen LogP contribution in [0.3, 0.4) is 0 Å². The van der Waals surface area contributed by atoms with E-state index in [4.69, 9.17) is 0 Å². The van der Waals surface area contributed by atoms with E-state index in [1.165, 1.54) is 0 Å². The standard InChI is InChI=1S/C11H12FN3/c1-3-9-13-11(15-14-9)8-6-4-5-7(2)10(8)12/h4-6H,3H2,1-2H3,(H,13,14,15). The van der Waals surface area contributed by atoms with Crippen molar-refractivity contribution >= 4 is 0 Å². The summed E-state index contributed by atoms with van der Waals surface area (Å²) in [5, 5.41) is 6.76. The molecule has 0 aliphatic rings. The quantitative estimate of drug-likeness (QED) is 0.818. The van der Waals surface area contributed by atoms with Crippen LogP contribution in [-0.2, 0) is 6.42 Å². The Morgan fingerprint density at radius 3 is 2.87 bits per heavy atom. The van der Waals surface area contributed by atoms with Gasteiger partial charge in [0.15, 0.2) is 5.82 Å². The van der Waals surface area contributed by atoms with E-state index in [0.29, 0.717) is 17.0 Å². The molecule has 0 saturated carbocycles. The number of hydrogen-bond donors (Lipinski definition) is 1. The lowest BCUT2D eigenvalue weighted by Gasteiger charge is -2.00. The molecule has 0 aliphatic carbocycles. The molecule has 0 radical (unpaired) electrons. The number of halogens is 1. The van der Waals surface area contributed by atoms with Gasteiger partial charge in [-0.15, -0.1) is 0 Å². The third-order valence-corrected chi connectivity index (χ3v) is 2.30. The van der Waals surface area contributed by atoms with Crippen molar-refractivity contribution in [2.75, 3.05) is 0 Å². The highest BCUT2D eigenvalue weighted by molar-refractivity contribution is 5.56. The van der Waals surface area contributed by atoms with Gasteiger partial charge in [-0.3, -0.25) is 5.10 Å². The van der Waals surface area contributed by atoms with Crippen LogP contribution in [-0.4, -0.2) is 15.2 Å². The van der Waals surface area contributed by atoms with Crippen LogP contribution in [0.15, 0.2) is 18.2 Å². The van der Waals surface area contributed by atoms with Gasteiger partial charge < -0.3 is 0 Å². The van der Waals surface area contributed by atoms with Gasteiger partial charge in [0.25, 0.3) is 0 Å². The van der Waals surface area contributed by atoms with E-state index >= 15 is 0 Å². The summed E-state index contributed by atoms with van der Waals surface area (Å²) >= 11 is 0. The maximum Gasteiger partial charge on any atom is 0.184 e. The van der Waals surface area contributed by atoms with Crippen molar-refractivity contribution < 1.29 is 4.39 Å². The molecule has 1 aromatic heterocycles. The van der Waals surface area contributed by atoms with Crippen molar-refractivity contribution in [1.82, 2.24) is 15.2 Å². The predicted octanol–water partition coefficient (Wildman–Crippen LogP) is 2.48. The fourth-order valence-electron chi connectivity index (χ4n) is 1.39. The van der Waals surface area contributed by atoms with Gasteiger partial charge in [0.2, 0.25) is 0 Å². The molecule has 3 nitrogen and oxygen atoms in total. The van der Waals surface area contributed by atoms with E-state index < -0.39 is 0 Å². The normalized spacial score (nSPS) is 10.6. The van der Waals surface area contributed by atoms with E-state index in [0.717, 1.165) is 12.2 Å². The Morgan fingerprint density at radius 2 is 2.20 bits per heavy atom. The summed E-state index contributed by atoms with van der Waals surface area (Å²) in [6.07, 6.45) is 0.764. The monoisotopic (exact) mass is 205 g/mol. The molecule has 15 heavy (non-hydrogen) atoms. The number of benzene rings is 1. The molecule has 0 amide bonds. The molecule has 4 heteroatoms. The first-order valence-corrected chi connectivity index (χ1v) is 4.89. The first-order valence-electron chi connectivity index (χ1n) is 4.89. The van der Waals surface area contributed by atoms with E-state index in [1.54, 1.807) is 25.1 Å². The molecule has 0 fully saturated rings. The highest BCUT2D eigenvalue weighted by atomic mass is 19.1. The Morgan fingerprint density at radius 1 is 1.40 bits per heavy atom. The van der Waals surface area contributed by atoms with Gasteiger partial charge in [0, 0.05) is 6.42 Å². The zero-order chi connectivity index (χ0) is 10.8. The summed E-state index contributed by atoms with van der Waals surface area (Å²) in [4.78, 5) is 4.19. The third kappa shape index (κ3) is 1.75. The molecule has 1 aromatic carbocycles. The van der Waals surface area contributed by atoms with Gasteiger partial charge in [-0.05, 0) is 18.6 Å². The first-order chi connectivity index (χ1) is 7.22. The van der Waals surface area contributed by atoms with Crippen LogP contribution in [0.25, 0.3) is 11.4 Å². The largest absolute Gasteiger partial charge is 0.263 e. The average Bonchev–Trinajstić information content (AvgIpc) is 2.70. The second-order valence-corrected chi connectivity index (χ2v) is 3.40. The summed E-state index contributed by atoms with van der Waals surface area (Å²) in [6.45, 7) is 3.70. The van der Waals surface area contributed by atoms with Gasteiger partial charge in [0.1, 0.15) is 11.6 Å². The second-order valence-electron chi connectivity index (χ2n) is 3.40. The fourth-order valence-corrected chi connectivity index (χ4v) is 1.39. The number of hydrogen-bond acceptors (Lipinski definition) is 2. The average molecular weight is 205 g/mol. The van der Waals surface area contributed by atoms with Crippen molar-refractivity contribution in [3.8, 4) is 11.4 Å². The minimum atomic E-state index is -0.251. The molecule has 0 bridgehead atoms. The van der Waals surface area contributed by atoms with Crippen LogP contribution >= 0.6 is 0 Å². The highest BCUT2D eigenvalue weighted by Crippen LogP contribution is 2.21. The lowest BCUT2D eigenvalue weighted by Crippen LogP contribution is -1.90. The number of H-pyrrole nitrogens is 1. The van der Waals surface area contributed by atoms with Gasteiger partial charge in [-0.1, -0.05) is 19.1 Å². The zero-order valence-corrected chi connectivity index (χ0v) is 8.71. The van der Waals surface area contributed by atoms with E-state index in [1.807, 2.05) is 6.92 Å². The summed E-state index contributed by atoms with van der Waals surface area (Å²) < 4.78 is 13.7. The number of rotatable bonds is 2. The minimum absolute atomic E-state index is 0.251. The van der Waals surface area contributed by atoms with Crippen LogP contribution in [0.2, 0.25) is 0 Å². The molecule has 0 unspecified atom stereocenters. The maximum atomic E-state index is 13.7. The summed E-state index contributed by atoms with van der Waals surface area (Å²) in [6, 6.07) is 5.22. The Bertz CT molecular complexity index is 476. The van der Waals surface area contributed by atoms with Crippen molar-refractivity contribution in [1.29, 1.82) is 0 Å². The highest BCUT2D eigenvalue weighted by Gasteiger charge is 2.11. The molecule has 0 spiro atoms. The number of nitrogens with zero attached hydrogens (tertiary/aromatic N) is 2. The Kier molecular flexibility index (Phi) is 2.49. The van der Waals surface area contributed by atoms with Crippen LogP contribution < -0.4 is 0 Å². The molecule has 0 saturated heterocycles. The number of nitrogens with one attached hydrogen (secondary N) is 1. The molecule has 0 atom stereocenters. The van der Waals surface area contributed by atoms with Crippen LogP contribution in [0, 0.1) is 12.7 Å². The van der Waals surface area contributed by atoms with Crippen LogP contribution in [0.1, 0.15) is 18.3 Å². The van der Waals surface area contributed by atoms with Crippen LogP contribution in [0.4, 0.5) is 4.39 Å². The fraction of sp³-hybridized carbons (Fsp3) is 0.273. The van der Waals surface area contributed by atoms with Crippen molar-refractivity contribution in [3.63, 3.8) is 0 Å². The molecule has 2 rings (SSSR count). The number of aryl methyl sites for hydroxylation is 2. The van der Waals surface area contributed by atoms with E-state index in [2.05, 4.69) is 15.2 Å². The Hall–Kier alpha value is -1.71. The Balaban J connectivity index is 2.49. The number of aromatic nitrogens is 3.